The average molecular weight is 347 g/mol. The standard InChI is InChI=1S/C16H23ClN2O2.ClH/c1-12-10-14(17)5-6-15(12)21-9-3-8-19-16(20)13-4-2-7-18-11-13;/h5-6,10,13,18H,2-4,7-9,11H2,1H3,(H,19,20);1H. The van der Waals surface area contributed by atoms with E-state index in [-0.39, 0.29) is 24.2 Å². The van der Waals surface area contributed by atoms with Gasteiger partial charge in [-0.05, 0) is 56.5 Å². The molecule has 2 rings (SSSR count). The van der Waals surface area contributed by atoms with Crippen molar-refractivity contribution in [3.05, 3.63) is 28.8 Å². The number of aryl methyl sites for hydroxylation is 1. The molecule has 1 atom stereocenters. The molecule has 1 heterocycles. The third-order valence-electron chi connectivity index (χ3n) is 3.68. The molecule has 0 saturated carbocycles. The molecule has 0 aromatic heterocycles. The van der Waals surface area contributed by atoms with Gasteiger partial charge in [0.1, 0.15) is 5.75 Å². The summed E-state index contributed by atoms with van der Waals surface area (Å²) >= 11 is 5.90. The first-order valence-electron chi connectivity index (χ1n) is 7.54. The number of benzene rings is 1. The third-order valence-corrected chi connectivity index (χ3v) is 3.92. The van der Waals surface area contributed by atoms with Crippen molar-refractivity contribution in [2.75, 3.05) is 26.2 Å². The van der Waals surface area contributed by atoms with Gasteiger partial charge >= 0.3 is 0 Å². The Bertz CT molecular complexity index is 477. The number of nitrogens with one attached hydrogen (secondary N) is 2. The van der Waals surface area contributed by atoms with Crippen molar-refractivity contribution in [2.45, 2.75) is 26.2 Å². The van der Waals surface area contributed by atoms with Gasteiger partial charge in [0.25, 0.3) is 0 Å². The number of amides is 1. The molecule has 1 aromatic rings. The van der Waals surface area contributed by atoms with Gasteiger partial charge in [0.05, 0.1) is 12.5 Å². The highest BCUT2D eigenvalue weighted by atomic mass is 35.5. The summed E-state index contributed by atoms with van der Waals surface area (Å²) in [5, 5.41) is 6.95. The first kappa shape index (κ1) is 19.1. The van der Waals surface area contributed by atoms with E-state index in [9.17, 15) is 4.79 Å². The number of ether oxygens (including phenoxy) is 1. The fraction of sp³-hybridized carbons (Fsp3) is 0.562. The zero-order valence-electron chi connectivity index (χ0n) is 12.9. The van der Waals surface area contributed by atoms with E-state index >= 15 is 0 Å². The number of carbonyl (C=O) groups excluding carboxylic acids is 1. The predicted molar refractivity (Wildman–Crippen MR) is 92.2 cm³/mol. The Balaban J connectivity index is 0.00000242. The van der Waals surface area contributed by atoms with Gasteiger partial charge in [0.2, 0.25) is 5.91 Å². The maximum Gasteiger partial charge on any atom is 0.224 e. The summed E-state index contributed by atoms with van der Waals surface area (Å²) in [5.74, 6) is 1.13. The highest BCUT2D eigenvalue weighted by Gasteiger charge is 2.19. The van der Waals surface area contributed by atoms with Gasteiger partial charge in [-0.2, -0.15) is 0 Å². The fourth-order valence-electron chi connectivity index (χ4n) is 2.46. The second kappa shape index (κ2) is 9.93. The van der Waals surface area contributed by atoms with E-state index in [1.54, 1.807) is 0 Å². The van der Waals surface area contributed by atoms with E-state index in [0.29, 0.717) is 18.2 Å². The van der Waals surface area contributed by atoms with Crippen molar-refractivity contribution < 1.29 is 9.53 Å². The number of halogens is 2. The zero-order chi connectivity index (χ0) is 15.1. The van der Waals surface area contributed by atoms with Gasteiger partial charge in [0.15, 0.2) is 0 Å². The Morgan fingerprint density at radius 1 is 1.50 bits per heavy atom. The molecule has 0 bridgehead atoms. The van der Waals surface area contributed by atoms with Crippen LogP contribution in [0.5, 0.6) is 5.75 Å². The molecule has 1 fully saturated rings. The van der Waals surface area contributed by atoms with Crippen LogP contribution >= 0.6 is 24.0 Å². The lowest BCUT2D eigenvalue weighted by Gasteiger charge is -2.21. The van der Waals surface area contributed by atoms with Crippen molar-refractivity contribution in [1.82, 2.24) is 10.6 Å². The normalized spacial score (nSPS) is 17.5. The molecule has 1 saturated heterocycles. The van der Waals surface area contributed by atoms with Gasteiger partial charge in [-0.3, -0.25) is 4.79 Å². The van der Waals surface area contributed by atoms with Crippen molar-refractivity contribution in [3.63, 3.8) is 0 Å². The number of rotatable bonds is 6. The highest BCUT2D eigenvalue weighted by molar-refractivity contribution is 6.30. The van der Waals surface area contributed by atoms with E-state index in [0.717, 1.165) is 43.7 Å². The molecular weight excluding hydrogens is 323 g/mol. The summed E-state index contributed by atoms with van der Waals surface area (Å²) in [4.78, 5) is 11.9. The lowest BCUT2D eigenvalue weighted by atomic mass is 9.99. The van der Waals surface area contributed by atoms with Crippen LogP contribution in [0.15, 0.2) is 18.2 Å². The smallest absolute Gasteiger partial charge is 0.224 e. The lowest BCUT2D eigenvalue weighted by Crippen LogP contribution is -2.40. The van der Waals surface area contributed by atoms with Gasteiger partial charge in [-0.1, -0.05) is 11.6 Å². The third kappa shape index (κ3) is 6.03. The monoisotopic (exact) mass is 346 g/mol. The van der Waals surface area contributed by atoms with Crippen LogP contribution in [0.25, 0.3) is 0 Å². The second-order valence-electron chi connectivity index (χ2n) is 5.45. The molecule has 1 unspecified atom stereocenters. The van der Waals surface area contributed by atoms with Crippen molar-refractivity contribution >= 4 is 29.9 Å². The minimum absolute atomic E-state index is 0. The fourth-order valence-corrected chi connectivity index (χ4v) is 2.69. The van der Waals surface area contributed by atoms with Gasteiger partial charge in [0, 0.05) is 18.1 Å². The quantitative estimate of drug-likeness (QED) is 0.778. The SMILES string of the molecule is Cc1cc(Cl)ccc1OCCCNC(=O)C1CCCNC1.Cl. The maximum absolute atomic E-state index is 11.9. The van der Waals surface area contributed by atoms with E-state index < -0.39 is 0 Å². The number of carbonyl (C=O) groups is 1. The molecule has 1 amide bonds. The first-order chi connectivity index (χ1) is 10.2. The Labute approximate surface area is 143 Å². The van der Waals surface area contributed by atoms with Crippen molar-refractivity contribution in [3.8, 4) is 5.75 Å². The van der Waals surface area contributed by atoms with E-state index in [2.05, 4.69) is 10.6 Å². The van der Waals surface area contributed by atoms with Gasteiger partial charge in [-0.25, -0.2) is 0 Å². The largest absolute Gasteiger partial charge is 0.493 e. The number of piperidine rings is 1. The lowest BCUT2D eigenvalue weighted by molar-refractivity contribution is -0.125. The predicted octanol–water partition coefficient (Wildman–Crippen LogP) is 2.95. The zero-order valence-corrected chi connectivity index (χ0v) is 14.4. The summed E-state index contributed by atoms with van der Waals surface area (Å²) in [6, 6.07) is 5.58. The summed E-state index contributed by atoms with van der Waals surface area (Å²) in [6.45, 7) is 5.04. The van der Waals surface area contributed by atoms with Crippen LogP contribution in [0, 0.1) is 12.8 Å². The Kier molecular flexibility index (Phi) is 8.61. The summed E-state index contributed by atoms with van der Waals surface area (Å²) in [7, 11) is 0. The van der Waals surface area contributed by atoms with Crippen LogP contribution in [0.4, 0.5) is 0 Å². The molecule has 6 heteroatoms. The maximum atomic E-state index is 11.9. The Morgan fingerprint density at radius 3 is 3.00 bits per heavy atom. The highest BCUT2D eigenvalue weighted by Crippen LogP contribution is 2.21. The van der Waals surface area contributed by atoms with Crippen LogP contribution in [-0.2, 0) is 4.79 Å². The molecule has 0 spiro atoms. The first-order valence-corrected chi connectivity index (χ1v) is 7.92. The molecule has 1 aromatic carbocycles. The van der Waals surface area contributed by atoms with Crippen molar-refractivity contribution in [1.29, 1.82) is 0 Å². The molecule has 4 nitrogen and oxygen atoms in total. The van der Waals surface area contributed by atoms with Gasteiger partial charge in [-0.15, -0.1) is 12.4 Å². The van der Waals surface area contributed by atoms with Crippen LogP contribution in [0.3, 0.4) is 0 Å². The second-order valence-corrected chi connectivity index (χ2v) is 5.88. The number of hydrogen-bond donors (Lipinski definition) is 2. The van der Waals surface area contributed by atoms with E-state index in [1.165, 1.54) is 0 Å². The average Bonchev–Trinajstić information content (AvgIpc) is 2.49. The molecule has 124 valence electrons. The molecule has 1 aliphatic heterocycles. The number of hydrogen-bond acceptors (Lipinski definition) is 3. The van der Waals surface area contributed by atoms with E-state index in [4.69, 9.17) is 16.3 Å². The van der Waals surface area contributed by atoms with Crippen LogP contribution in [0.2, 0.25) is 5.02 Å². The Morgan fingerprint density at radius 2 is 2.32 bits per heavy atom. The molecule has 1 aliphatic rings. The molecule has 22 heavy (non-hydrogen) atoms. The summed E-state index contributed by atoms with van der Waals surface area (Å²) in [5.41, 5.74) is 1.03. The topological polar surface area (TPSA) is 50.4 Å². The molecule has 0 aliphatic carbocycles. The molecular formula is C16H24Cl2N2O2. The Hall–Kier alpha value is -0.970. The van der Waals surface area contributed by atoms with Crippen LogP contribution in [0.1, 0.15) is 24.8 Å². The minimum Gasteiger partial charge on any atom is -0.493 e. The molecule has 0 radical (unpaired) electrons. The van der Waals surface area contributed by atoms with Crippen LogP contribution in [-0.4, -0.2) is 32.1 Å². The van der Waals surface area contributed by atoms with Gasteiger partial charge < -0.3 is 15.4 Å². The van der Waals surface area contributed by atoms with Crippen molar-refractivity contribution in [2.24, 2.45) is 5.92 Å². The summed E-state index contributed by atoms with van der Waals surface area (Å²) < 4.78 is 5.70. The molecule has 2 N–H and O–H groups in total. The summed E-state index contributed by atoms with van der Waals surface area (Å²) in [6.07, 6.45) is 2.87. The minimum atomic E-state index is 0. The van der Waals surface area contributed by atoms with Crippen LogP contribution < -0.4 is 15.4 Å². The van der Waals surface area contributed by atoms with E-state index in [1.807, 2.05) is 25.1 Å².